The molecule has 0 unspecified atom stereocenters. The number of nitrogens with zero attached hydrogens (tertiary/aromatic N) is 6. The number of rotatable bonds is 4. The van der Waals surface area contributed by atoms with Gasteiger partial charge in [0.1, 0.15) is 17.8 Å². The van der Waals surface area contributed by atoms with E-state index in [9.17, 15) is 18.0 Å². The Morgan fingerprint density at radius 3 is 2.48 bits per heavy atom. The molecule has 11 heteroatoms. The fraction of sp³-hybridized carbons (Fsp3) is 0.600. The number of aromatic nitrogens is 4. The first-order valence-corrected chi connectivity index (χ1v) is 10.6. The molecule has 1 saturated carbocycles. The van der Waals surface area contributed by atoms with Crippen molar-refractivity contribution >= 4 is 11.7 Å². The minimum atomic E-state index is -4.50. The minimum Gasteiger partial charge on any atom is -0.478 e. The number of hydrogen-bond acceptors (Lipinski definition) is 6. The molecule has 5 rings (SSSR count). The van der Waals surface area contributed by atoms with Crippen molar-refractivity contribution in [3.8, 4) is 5.88 Å². The molecule has 0 spiro atoms. The molecular weight excluding hydrogens is 413 g/mol. The van der Waals surface area contributed by atoms with Gasteiger partial charge < -0.3 is 14.5 Å². The Balaban J connectivity index is 1.28. The van der Waals surface area contributed by atoms with E-state index >= 15 is 0 Å². The summed E-state index contributed by atoms with van der Waals surface area (Å²) in [7, 11) is 0. The zero-order valence-electron chi connectivity index (χ0n) is 16.9. The van der Waals surface area contributed by atoms with Gasteiger partial charge in [-0.15, -0.1) is 0 Å². The van der Waals surface area contributed by atoms with Gasteiger partial charge in [0.2, 0.25) is 5.88 Å². The number of aryl methyl sites for hydroxylation is 1. The number of carbonyl (C=O) groups excluding carboxylic acids is 1. The summed E-state index contributed by atoms with van der Waals surface area (Å²) in [6.45, 7) is 2.40. The maximum absolute atomic E-state index is 13.1. The maximum atomic E-state index is 13.1. The van der Waals surface area contributed by atoms with Crippen molar-refractivity contribution in [3.05, 3.63) is 29.8 Å². The Labute approximate surface area is 177 Å². The quantitative estimate of drug-likeness (QED) is 0.734. The molecule has 8 nitrogen and oxygen atoms in total. The highest BCUT2D eigenvalue weighted by molar-refractivity contribution is 5.92. The van der Waals surface area contributed by atoms with Crippen molar-refractivity contribution < 1.29 is 22.7 Å². The van der Waals surface area contributed by atoms with E-state index in [0.29, 0.717) is 49.9 Å². The first-order valence-electron chi connectivity index (χ1n) is 10.6. The van der Waals surface area contributed by atoms with Crippen LogP contribution in [0.4, 0.5) is 19.0 Å². The average Bonchev–Trinajstić information content (AvgIpc) is 3.50. The fourth-order valence-electron chi connectivity index (χ4n) is 4.35. The van der Waals surface area contributed by atoms with Crippen LogP contribution in [0.15, 0.2) is 18.5 Å². The second-order valence-electron chi connectivity index (χ2n) is 8.21. The highest BCUT2D eigenvalue weighted by Crippen LogP contribution is 2.37. The normalized spacial score (nSPS) is 19.6. The Hall–Kier alpha value is -2.85. The van der Waals surface area contributed by atoms with Crippen LogP contribution < -0.4 is 9.64 Å². The summed E-state index contributed by atoms with van der Waals surface area (Å²) < 4.78 is 46.6. The van der Waals surface area contributed by atoms with Crippen molar-refractivity contribution in [3.63, 3.8) is 0 Å². The van der Waals surface area contributed by atoms with E-state index < -0.39 is 11.9 Å². The smallest absolute Gasteiger partial charge is 0.433 e. The number of fused-ring (bicyclic) bond motifs is 1. The number of hydrogen-bond donors (Lipinski definition) is 0. The molecule has 4 heterocycles. The van der Waals surface area contributed by atoms with Gasteiger partial charge in [-0.05, 0) is 25.7 Å². The van der Waals surface area contributed by atoms with Crippen LogP contribution in [-0.4, -0.2) is 62.3 Å². The molecule has 2 aliphatic heterocycles. The summed E-state index contributed by atoms with van der Waals surface area (Å²) >= 11 is 0. The van der Waals surface area contributed by atoms with Crippen LogP contribution in [0, 0.1) is 0 Å². The highest BCUT2D eigenvalue weighted by atomic mass is 19.4. The predicted molar refractivity (Wildman–Crippen MR) is 104 cm³/mol. The molecular formula is C20H23F3N6O2. The third-order valence-electron chi connectivity index (χ3n) is 6.02. The fourth-order valence-corrected chi connectivity index (χ4v) is 4.35. The van der Waals surface area contributed by atoms with Crippen LogP contribution in [0.3, 0.4) is 0 Å². The predicted octanol–water partition coefficient (Wildman–Crippen LogP) is 2.75. The number of halogens is 3. The molecule has 31 heavy (non-hydrogen) atoms. The van der Waals surface area contributed by atoms with Gasteiger partial charge in [-0.25, -0.2) is 14.6 Å². The van der Waals surface area contributed by atoms with Crippen molar-refractivity contribution in [1.82, 2.24) is 24.6 Å². The third kappa shape index (κ3) is 4.05. The largest absolute Gasteiger partial charge is 0.478 e. The molecule has 2 aromatic rings. The molecule has 0 bridgehead atoms. The van der Waals surface area contributed by atoms with Gasteiger partial charge in [0, 0.05) is 50.3 Å². The molecule has 166 valence electrons. The Kier molecular flexibility index (Phi) is 4.98. The van der Waals surface area contributed by atoms with Crippen LogP contribution in [0.5, 0.6) is 5.88 Å². The lowest BCUT2D eigenvalue weighted by atomic mass is 10.0. The summed E-state index contributed by atoms with van der Waals surface area (Å²) in [6.07, 6.45) is 0.541. The van der Waals surface area contributed by atoms with Gasteiger partial charge in [0.25, 0.3) is 5.91 Å². The molecule has 1 amide bonds. The summed E-state index contributed by atoms with van der Waals surface area (Å²) in [4.78, 5) is 24.2. The number of ether oxygens (including phenoxy) is 1. The van der Waals surface area contributed by atoms with E-state index in [2.05, 4.69) is 15.1 Å². The zero-order valence-corrected chi connectivity index (χ0v) is 16.9. The summed E-state index contributed by atoms with van der Waals surface area (Å²) in [5.74, 6) is 0.797. The number of piperidine rings is 1. The molecule has 0 aromatic carbocycles. The lowest BCUT2D eigenvalue weighted by molar-refractivity contribution is -0.141. The summed E-state index contributed by atoms with van der Waals surface area (Å²) in [5.41, 5.74) is -0.554. The number of anilines is 1. The van der Waals surface area contributed by atoms with Gasteiger partial charge in [-0.1, -0.05) is 0 Å². The minimum absolute atomic E-state index is 0.0334. The highest BCUT2D eigenvalue weighted by Gasteiger charge is 2.39. The van der Waals surface area contributed by atoms with E-state index in [0.717, 1.165) is 38.2 Å². The second kappa shape index (κ2) is 7.69. The van der Waals surface area contributed by atoms with Gasteiger partial charge in [0.05, 0.1) is 6.61 Å². The Morgan fingerprint density at radius 2 is 1.81 bits per heavy atom. The van der Waals surface area contributed by atoms with Gasteiger partial charge in [-0.3, -0.25) is 4.79 Å². The standard InChI is InChI=1S/C20H23F3N6O2/c21-20(22,23)16-11-17(25-12-24-16)29(13-2-3-13)14-4-7-27(8-5-14)19(30)15-10-18-28(26-15)6-1-9-31-18/h10-14H,1-9H2. The lowest BCUT2D eigenvalue weighted by Crippen LogP contribution is -2.48. The molecule has 2 aromatic heterocycles. The molecule has 1 aliphatic carbocycles. The van der Waals surface area contributed by atoms with Crippen LogP contribution in [-0.2, 0) is 12.7 Å². The van der Waals surface area contributed by atoms with Crippen molar-refractivity contribution in [2.75, 3.05) is 24.6 Å². The molecule has 0 radical (unpaired) electrons. The van der Waals surface area contributed by atoms with E-state index in [4.69, 9.17) is 4.74 Å². The van der Waals surface area contributed by atoms with Crippen molar-refractivity contribution in [2.24, 2.45) is 0 Å². The molecule has 3 aliphatic rings. The van der Waals surface area contributed by atoms with Crippen LogP contribution >= 0.6 is 0 Å². The number of alkyl halides is 3. The van der Waals surface area contributed by atoms with Crippen LogP contribution in [0.2, 0.25) is 0 Å². The van der Waals surface area contributed by atoms with Crippen LogP contribution in [0.25, 0.3) is 0 Å². The second-order valence-corrected chi connectivity index (χ2v) is 8.21. The van der Waals surface area contributed by atoms with Gasteiger partial charge in [-0.2, -0.15) is 18.3 Å². The molecule has 0 atom stereocenters. The summed E-state index contributed by atoms with van der Waals surface area (Å²) in [6, 6.07) is 2.95. The lowest BCUT2D eigenvalue weighted by Gasteiger charge is -2.39. The number of carbonyl (C=O) groups is 1. The average molecular weight is 436 g/mol. The molecule has 2 fully saturated rings. The molecule has 1 saturated heterocycles. The summed E-state index contributed by atoms with van der Waals surface area (Å²) in [5, 5.41) is 4.37. The first kappa shape index (κ1) is 20.1. The Morgan fingerprint density at radius 1 is 1.06 bits per heavy atom. The Bertz CT molecular complexity index is 943. The van der Waals surface area contributed by atoms with Crippen LogP contribution in [0.1, 0.15) is 48.3 Å². The van der Waals surface area contributed by atoms with E-state index in [1.807, 2.05) is 4.90 Å². The van der Waals surface area contributed by atoms with E-state index in [-0.39, 0.29) is 18.0 Å². The van der Waals surface area contributed by atoms with Crippen molar-refractivity contribution in [2.45, 2.75) is 56.9 Å². The van der Waals surface area contributed by atoms with E-state index in [1.165, 1.54) is 0 Å². The maximum Gasteiger partial charge on any atom is 0.433 e. The first-order chi connectivity index (χ1) is 14.9. The SMILES string of the molecule is O=C(c1cc2n(n1)CCCO2)N1CCC(N(c2cc(C(F)(F)F)ncn2)C2CC2)CC1. The number of amides is 1. The zero-order chi connectivity index (χ0) is 21.6. The monoisotopic (exact) mass is 436 g/mol. The third-order valence-corrected chi connectivity index (χ3v) is 6.02. The molecule has 0 N–H and O–H groups in total. The van der Waals surface area contributed by atoms with Crippen molar-refractivity contribution in [1.29, 1.82) is 0 Å². The van der Waals surface area contributed by atoms with E-state index in [1.54, 1.807) is 15.6 Å². The van der Waals surface area contributed by atoms with Gasteiger partial charge >= 0.3 is 6.18 Å². The topological polar surface area (TPSA) is 76.4 Å². The van der Waals surface area contributed by atoms with Gasteiger partial charge in [0.15, 0.2) is 5.69 Å². The number of likely N-dealkylation sites (tertiary alicyclic amines) is 1.